The maximum Gasteiger partial charge on any atom is 0.121 e. The van der Waals surface area contributed by atoms with E-state index >= 15 is 0 Å². The molecule has 6 heteroatoms. The lowest BCUT2D eigenvalue weighted by Gasteiger charge is -2.15. The van der Waals surface area contributed by atoms with E-state index in [2.05, 4.69) is 67.0 Å². The number of halogens is 3. The fraction of sp³-hybridized carbons (Fsp3) is 0.222. The van der Waals surface area contributed by atoms with E-state index < -0.39 is 0 Å². The molecule has 0 aliphatic carbocycles. The van der Waals surface area contributed by atoms with Crippen LogP contribution in [0.15, 0.2) is 40.3 Å². The van der Waals surface area contributed by atoms with E-state index in [1.54, 1.807) is 6.08 Å². The van der Waals surface area contributed by atoms with Gasteiger partial charge in [0.05, 0.1) is 19.8 Å². The average Bonchev–Trinajstić information content (AvgIpc) is 2.53. The Hall–Kier alpha value is -0.660. The van der Waals surface area contributed by atoms with E-state index in [-0.39, 0.29) is 6.61 Å². The van der Waals surface area contributed by atoms with Gasteiger partial charge in [0.15, 0.2) is 0 Å². The van der Waals surface area contributed by atoms with Crippen molar-refractivity contribution in [2.24, 2.45) is 0 Å². The van der Waals surface area contributed by atoms with E-state index in [1.165, 1.54) is 0 Å². The summed E-state index contributed by atoms with van der Waals surface area (Å²) in [6, 6.07) is 5.95. The number of hydrogen-bond donors (Lipinski definition) is 1. The van der Waals surface area contributed by atoms with Crippen LogP contribution in [0.4, 0.5) is 0 Å². The minimum absolute atomic E-state index is 0.0150. The van der Waals surface area contributed by atoms with Gasteiger partial charge in [-0.25, -0.2) is 0 Å². The molecule has 1 N–H and O–H groups in total. The molecule has 0 unspecified atom stereocenters. The molecule has 0 aromatic heterocycles. The molecule has 0 bridgehead atoms. The Bertz CT molecular complexity index is 772. The van der Waals surface area contributed by atoms with Crippen molar-refractivity contribution in [3.8, 4) is 5.75 Å². The lowest BCUT2D eigenvalue weighted by molar-refractivity contribution is 0.0705. The fourth-order valence-corrected chi connectivity index (χ4v) is 4.87. The van der Waals surface area contributed by atoms with Crippen molar-refractivity contribution >= 4 is 69.1 Å². The molecule has 2 aromatic rings. The first kappa shape index (κ1) is 19.7. The zero-order valence-corrected chi connectivity index (χ0v) is 17.7. The van der Waals surface area contributed by atoms with Crippen LogP contribution in [0, 0.1) is 0 Å². The largest absolute Gasteiger partial charge is 0.491 e. The third kappa shape index (κ3) is 4.49. The summed E-state index contributed by atoms with van der Waals surface area (Å²) in [5.41, 5.74) is 1.95. The molecule has 0 atom stereocenters. The maximum atomic E-state index is 8.68. The van der Waals surface area contributed by atoms with Crippen LogP contribution in [0.25, 0.3) is 21.3 Å². The first-order valence-electron chi connectivity index (χ1n) is 7.24. The zero-order valence-electron chi connectivity index (χ0n) is 12.9. The summed E-state index contributed by atoms with van der Waals surface area (Å²) in [5, 5.41) is 10.7. The maximum absolute atomic E-state index is 8.68. The van der Waals surface area contributed by atoms with Crippen molar-refractivity contribution in [3.63, 3.8) is 0 Å². The van der Waals surface area contributed by atoms with Gasteiger partial charge in [-0.05, 0) is 61.0 Å². The van der Waals surface area contributed by atoms with E-state index in [0.29, 0.717) is 19.8 Å². The first-order valence-corrected chi connectivity index (χ1v) is 9.61. The van der Waals surface area contributed by atoms with Crippen LogP contribution in [0.5, 0.6) is 5.75 Å². The van der Waals surface area contributed by atoms with Gasteiger partial charge in [-0.15, -0.1) is 0 Å². The molecule has 0 fully saturated rings. The molecule has 0 radical (unpaired) electrons. The van der Waals surface area contributed by atoms with Crippen molar-refractivity contribution in [3.05, 3.63) is 51.4 Å². The van der Waals surface area contributed by atoms with E-state index in [9.17, 15) is 0 Å². The van der Waals surface area contributed by atoms with Gasteiger partial charge in [0.1, 0.15) is 12.4 Å². The van der Waals surface area contributed by atoms with Crippen LogP contribution < -0.4 is 4.74 Å². The Labute approximate surface area is 166 Å². The second kappa shape index (κ2) is 9.15. The number of ether oxygens (including phenoxy) is 2. The van der Waals surface area contributed by atoms with Gasteiger partial charge >= 0.3 is 0 Å². The van der Waals surface area contributed by atoms with E-state index in [1.807, 2.05) is 12.1 Å². The summed E-state index contributed by atoms with van der Waals surface area (Å²) in [6.07, 6.45) is 1.80. The summed E-state index contributed by atoms with van der Waals surface area (Å²) in [7, 11) is 0. The fourth-order valence-electron chi connectivity index (χ4n) is 2.34. The first-order chi connectivity index (χ1) is 11.5. The minimum atomic E-state index is 0.0150. The summed E-state index contributed by atoms with van der Waals surface area (Å²) in [4.78, 5) is 0. The van der Waals surface area contributed by atoms with Gasteiger partial charge < -0.3 is 14.6 Å². The van der Waals surface area contributed by atoms with E-state index in [0.717, 1.165) is 41.1 Å². The predicted molar refractivity (Wildman–Crippen MR) is 111 cm³/mol. The molecule has 2 rings (SSSR count). The number of hydrogen-bond acceptors (Lipinski definition) is 3. The Morgan fingerprint density at radius 2 is 1.92 bits per heavy atom. The SMILES string of the molecule is C=Cc1cc2cc(OCCOCCO)cc(Br)c2c(Br)c1C(=C)Br. The smallest absolute Gasteiger partial charge is 0.121 e. The summed E-state index contributed by atoms with van der Waals surface area (Å²) in [5.74, 6) is 0.745. The second-order valence-corrected chi connectivity index (χ2v) is 7.56. The summed E-state index contributed by atoms with van der Waals surface area (Å²) >= 11 is 10.8. The predicted octanol–water partition coefficient (Wildman–Crippen LogP) is 5.76. The molecule has 0 aliphatic heterocycles. The van der Waals surface area contributed by atoms with Crippen molar-refractivity contribution in [1.29, 1.82) is 0 Å². The van der Waals surface area contributed by atoms with Crippen molar-refractivity contribution in [1.82, 2.24) is 0 Å². The van der Waals surface area contributed by atoms with Gasteiger partial charge in [0.2, 0.25) is 0 Å². The van der Waals surface area contributed by atoms with Crippen LogP contribution in [-0.2, 0) is 4.74 Å². The molecule has 0 heterocycles. The molecule has 0 saturated heterocycles. The van der Waals surface area contributed by atoms with Crippen LogP contribution >= 0.6 is 47.8 Å². The highest BCUT2D eigenvalue weighted by molar-refractivity contribution is 9.15. The normalized spacial score (nSPS) is 10.8. The molecule has 0 saturated carbocycles. The van der Waals surface area contributed by atoms with Gasteiger partial charge in [0.25, 0.3) is 0 Å². The number of rotatable bonds is 8. The molecular weight excluding hydrogens is 504 g/mol. The lowest BCUT2D eigenvalue weighted by atomic mass is 10.0. The molecular formula is C18H17Br3O3. The molecule has 0 amide bonds. The topological polar surface area (TPSA) is 38.7 Å². The lowest BCUT2D eigenvalue weighted by Crippen LogP contribution is -2.09. The highest BCUT2D eigenvalue weighted by Crippen LogP contribution is 2.41. The van der Waals surface area contributed by atoms with Crippen molar-refractivity contribution in [2.45, 2.75) is 0 Å². The van der Waals surface area contributed by atoms with Crippen LogP contribution in [-0.4, -0.2) is 31.5 Å². The highest BCUT2D eigenvalue weighted by Gasteiger charge is 2.15. The van der Waals surface area contributed by atoms with Crippen LogP contribution in [0.1, 0.15) is 11.1 Å². The van der Waals surface area contributed by atoms with Gasteiger partial charge in [-0.2, -0.15) is 0 Å². The molecule has 0 aliphatic rings. The summed E-state index contributed by atoms with van der Waals surface area (Å²) in [6.45, 7) is 9.05. The van der Waals surface area contributed by atoms with Gasteiger partial charge in [0, 0.05) is 24.4 Å². The summed E-state index contributed by atoms with van der Waals surface area (Å²) < 4.78 is 13.6. The van der Waals surface area contributed by atoms with Gasteiger partial charge in [-0.3, -0.25) is 0 Å². The third-order valence-corrected chi connectivity index (χ3v) is 5.17. The highest BCUT2D eigenvalue weighted by atomic mass is 79.9. The number of fused-ring (bicyclic) bond motifs is 1. The Kier molecular flexibility index (Phi) is 7.50. The minimum Gasteiger partial charge on any atom is -0.491 e. The second-order valence-electron chi connectivity index (χ2n) is 4.95. The molecule has 128 valence electrons. The molecule has 2 aromatic carbocycles. The standard InChI is InChI=1S/C18H17Br3O3/c1-3-12-8-13-9-14(24-7-6-23-5-4-22)10-15(20)17(13)18(21)16(12)11(2)19/h3,8-10,22H,1-2,4-7H2. The number of aliphatic hydroxyl groups excluding tert-OH is 1. The number of benzene rings is 2. The average molecular weight is 521 g/mol. The Morgan fingerprint density at radius 1 is 1.17 bits per heavy atom. The Balaban J connectivity index is 2.38. The zero-order chi connectivity index (χ0) is 17.7. The van der Waals surface area contributed by atoms with Crippen LogP contribution in [0.2, 0.25) is 0 Å². The van der Waals surface area contributed by atoms with Crippen LogP contribution in [0.3, 0.4) is 0 Å². The molecule has 0 spiro atoms. The van der Waals surface area contributed by atoms with Gasteiger partial charge in [-0.1, -0.05) is 35.2 Å². The molecule has 24 heavy (non-hydrogen) atoms. The van der Waals surface area contributed by atoms with Crippen molar-refractivity contribution in [2.75, 3.05) is 26.4 Å². The number of aliphatic hydroxyl groups is 1. The molecule has 3 nitrogen and oxygen atoms in total. The van der Waals surface area contributed by atoms with E-state index in [4.69, 9.17) is 14.6 Å². The quantitative estimate of drug-likeness (QED) is 0.450. The van der Waals surface area contributed by atoms with Crippen molar-refractivity contribution < 1.29 is 14.6 Å². The third-order valence-electron chi connectivity index (χ3n) is 3.36. The monoisotopic (exact) mass is 518 g/mol. The Morgan fingerprint density at radius 3 is 2.54 bits per heavy atom.